The summed E-state index contributed by atoms with van der Waals surface area (Å²) in [6.07, 6.45) is 4.39. The van der Waals surface area contributed by atoms with Crippen LogP contribution in [0.15, 0.2) is 48.5 Å². The number of nitrogens with zero attached hydrogens (tertiary/aromatic N) is 1. The summed E-state index contributed by atoms with van der Waals surface area (Å²) in [4.78, 5) is 44.8. The average Bonchev–Trinajstić information content (AvgIpc) is 3.29. The number of benzene rings is 2. The normalized spacial score (nSPS) is 13.6. The maximum absolute atomic E-state index is 13.8. The van der Waals surface area contributed by atoms with E-state index in [0.29, 0.717) is 5.02 Å². The summed E-state index contributed by atoms with van der Waals surface area (Å²) in [6.45, 7) is 1.26. The minimum Gasteiger partial charge on any atom is -0.338 e. The molecule has 2 N–H and O–H groups in total. The zero-order chi connectivity index (χ0) is 26.5. The smallest absolute Gasteiger partial charge is 0.329 e. The van der Waals surface area contributed by atoms with E-state index in [-0.39, 0.29) is 32.3 Å². The molecule has 11 heteroatoms. The quantitative estimate of drug-likeness (QED) is 0.297. The summed E-state index contributed by atoms with van der Waals surface area (Å²) in [5.74, 6) is -1.09. The van der Waals surface area contributed by atoms with Crippen molar-refractivity contribution in [3.8, 4) is 10.4 Å². The number of thiophene rings is 1. The lowest BCUT2D eigenvalue weighted by molar-refractivity contribution is -0.185. The first kappa shape index (κ1) is 27.3. The number of nitrogens with one attached hydrogen (secondary N) is 2. The molecule has 1 fully saturated rings. The van der Waals surface area contributed by atoms with E-state index >= 15 is 0 Å². The molecule has 1 heterocycles. The van der Waals surface area contributed by atoms with E-state index in [1.165, 1.54) is 30.4 Å². The van der Waals surface area contributed by atoms with Crippen molar-refractivity contribution in [3.63, 3.8) is 0 Å². The van der Waals surface area contributed by atoms with E-state index in [1.54, 1.807) is 6.07 Å². The summed E-state index contributed by atoms with van der Waals surface area (Å²) in [6, 6.07) is 13.2. The highest BCUT2D eigenvalue weighted by molar-refractivity contribution is 7.20. The number of hydrogen-bond donors (Lipinski definition) is 2. The molecule has 3 amide bonds. The lowest BCUT2D eigenvalue weighted by atomic mass is 9.95. The van der Waals surface area contributed by atoms with Gasteiger partial charge in [-0.2, -0.15) is 5.06 Å². The first-order valence-electron chi connectivity index (χ1n) is 11.7. The molecule has 0 atom stereocenters. The SMILES string of the molecule is CC(=O)ON(C(=O)c1cc(-c2ccccc2)sc1NC(=O)Nc1c(Cl)cc(Cl)cc1Cl)C1CCCCC1. The second kappa shape index (κ2) is 12.2. The van der Waals surface area contributed by atoms with Crippen LogP contribution in [0, 0.1) is 0 Å². The van der Waals surface area contributed by atoms with Gasteiger partial charge in [-0.3, -0.25) is 14.9 Å². The zero-order valence-corrected chi connectivity index (χ0v) is 22.9. The summed E-state index contributed by atoms with van der Waals surface area (Å²) >= 11 is 19.6. The topological polar surface area (TPSA) is 87.7 Å². The predicted octanol–water partition coefficient (Wildman–Crippen LogP) is 8.27. The Hall–Kier alpha value is -2.78. The van der Waals surface area contributed by atoms with Crippen molar-refractivity contribution in [2.75, 3.05) is 10.6 Å². The van der Waals surface area contributed by atoms with Gasteiger partial charge in [-0.15, -0.1) is 11.3 Å². The number of carbonyl (C=O) groups excluding carboxylic acids is 3. The van der Waals surface area contributed by atoms with Crippen molar-refractivity contribution in [2.45, 2.75) is 45.1 Å². The summed E-state index contributed by atoms with van der Waals surface area (Å²) < 4.78 is 0. The van der Waals surface area contributed by atoms with Crippen LogP contribution in [0.1, 0.15) is 49.4 Å². The maximum atomic E-state index is 13.8. The van der Waals surface area contributed by atoms with Gasteiger partial charge in [0.25, 0.3) is 5.91 Å². The van der Waals surface area contributed by atoms with Gasteiger partial charge >= 0.3 is 12.0 Å². The Bertz CT molecular complexity index is 1290. The molecule has 1 aliphatic carbocycles. The van der Waals surface area contributed by atoms with Crippen LogP contribution in [0.2, 0.25) is 15.1 Å². The molecule has 1 aliphatic rings. The van der Waals surface area contributed by atoms with Gasteiger partial charge in [0, 0.05) is 16.8 Å². The maximum Gasteiger partial charge on any atom is 0.329 e. The molecule has 0 aliphatic heterocycles. The number of urea groups is 1. The van der Waals surface area contributed by atoms with Gasteiger partial charge in [0.15, 0.2) is 0 Å². The molecule has 4 rings (SSSR count). The molecule has 2 aromatic carbocycles. The Morgan fingerprint density at radius 3 is 2.22 bits per heavy atom. The highest BCUT2D eigenvalue weighted by atomic mass is 35.5. The molecular weight excluding hydrogens is 557 g/mol. The van der Waals surface area contributed by atoms with Crippen LogP contribution in [0.25, 0.3) is 10.4 Å². The third-order valence-electron chi connectivity index (χ3n) is 5.83. The molecule has 1 aromatic heterocycles. The number of amides is 3. The Balaban J connectivity index is 1.67. The number of hydroxylamine groups is 2. The van der Waals surface area contributed by atoms with Crippen LogP contribution >= 0.6 is 46.1 Å². The Morgan fingerprint density at radius 2 is 1.59 bits per heavy atom. The van der Waals surface area contributed by atoms with Gasteiger partial charge in [0.05, 0.1) is 27.3 Å². The third kappa shape index (κ3) is 6.76. The monoisotopic (exact) mass is 579 g/mol. The summed E-state index contributed by atoms with van der Waals surface area (Å²) in [5, 5.41) is 7.46. The minimum atomic E-state index is -0.654. The number of rotatable bonds is 5. The number of halogens is 3. The Kier molecular flexibility index (Phi) is 8.97. The molecular formula is C26H24Cl3N3O4S. The Labute approximate surface area is 233 Å². The highest BCUT2D eigenvalue weighted by Gasteiger charge is 2.32. The molecule has 194 valence electrons. The molecule has 7 nitrogen and oxygen atoms in total. The van der Waals surface area contributed by atoms with Crippen LogP contribution in [-0.4, -0.2) is 29.0 Å². The fourth-order valence-corrected chi connectivity index (χ4v) is 6.11. The molecule has 0 spiro atoms. The molecule has 3 aromatic rings. The van der Waals surface area contributed by atoms with Crippen molar-refractivity contribution < 1.29 is 19.2 Å². The second-order valence-corrected chi connectivity index (χ2v) is 10.9. The van der Waals surface area contributed by atoms with Gasteiger partial charge in [-0.05, 0) is 36.6 Å². The van der Waals surface area contributed by atoms with Gasteiger partial charge in [-0.1, -0.05) is 84.4 Å². The number of hydrogen-bond acceptors (Lipinski definition) is 5. The first-order valence-corrected chi connectivity index (χ1v) is 13.6. The van der Waals surface area contributed by atoms with E-state index < -0.39 is 17.9 Å². The molecule has 1 saturated carbocycles. The highest BCUT2D eigenvalue weighted by Crippen LogP contribution is 2.38. The summed E-state index contributed by atoms with van der Waals surface area (Å²) in [5.41, 5.74) is 1.26. The van der Waals surface area contributed by atoms with E-state index in [2.05, 4.69) is 10.6 Å². The van der Waals surface area contributed by atoms with Gasteiger partial charge in [0.1, 0.15) is 5.00 Å². The molecule has 0 radical (unpaired) electrons. The van der Waals surface area contributed by atoms with E-state index in [1.807, 2.05) is 30.3 Å². The minimum absolute atomic E-state index is 0.165. The fourth-order valence-electron chi connectivity index (χ4n) is 4.15. The molecule has 0 saturated heterocycles. The third-order valence-corrected chi connectivity index (χ3v) is 7.74. The largest absolute Gasteiger partial charge is 0.338 e. The van der Waals surface area contributed by atoms with Gasteiger partial charge in [0.2, 0.25) is 0 Å². The van der Waals surface area contributed by atoms with Crippen molar-refractivity contribution in [1.29, 1.82) is 0 Å². The van der Waals surface area contributed by atoms with Crippen LogP contribution in [0.3, 0.4) is 0 Å². The van der Waals surface area contributed by atoms with Crippen LogP contribution < -0.4 is 10.6 Å². The van der Waals surface area contributed by atoms with Crippen LogP contribution in [-0.2, 0) is 9.63 Å². The van der Waals surface area contributed by atoms with Gasteiger partial charge < -0.3 is 10.2 Å². The summed E-state index contributed by atoms with van der Waals surface area (Å²) in [7, 11) is 0. The van der Waals surface area contributed by atoms with Crippen molar-refractivity contribution in [3.05, 3.63) is 69.2 Å². The van der Waals surface area contributed by atoms with E-state index in [4.69, 9.17) is 39.6 Å². The van der Waals surface area contributed by atoms with Crippen LogP contribution in [0.5, 0.6) is 0 Å². The van der Waals surface area contributed by atoms with Crippen LogP contribution in [0.4, 0.5) is 15.5 Å². The van der Waals surface area contributed by atoms with Gasteiger partial charge in [-0.25, -0.2) is 4.79 Å². The van der Waals surface area contributed by atoms with E-state index in [9.17, 15) is 14.4 Å². The fraction of sp³-hybridized carbons (Fsp3) is 0.269. The molecule has 0 unspecified atom stereocenters. The van der Waals surface area contributed by atoms with E-state index in [0.717, 1.165) is 47.6 Å². The van der Waals surface area contributed by atoms with Crippen molar-refractivity contribution in [1.82, 2.24) is 5.06 Å². The zero-order valence-electron chi connectivity index (χ0n) is 19.9. The lowest BCUT2D eigenvalue weighted by Gasteiger charge is -2.32. The Morgan fingerprint density at radius 1 is 0.946 bits per heavy atom. The first-order chi connectivity index (χ1) is 17.7. The van der Waals surface area contributed by atoms with Crippen molar-refractivity contribution in [2.24, 2.45) is 0 Å². The number of carbonyl (C=O) groups is 3. The standard InChI is InChI=1S/C26H24Cl3N3O4S/c1-15(33)36-32(18-10-6-3-7-11-18)25(34)19-14-22(16-8-4-2-5-9-16)37-24(19)31-26(35)30-23-20(28)12-17(27)13-21(23)29/h2,4-5,8-9,12-14,18H,3,6-7,10-11H2,1H3,(H2,30,31,35). The van der Waals surface area contributed by atoms with Crippen molar-refractivity contribution >= 4 is 74.7 Å². The average molecular weight is 581 g/mol. The molecule has 0 bridgehead atoms. The lowest BCUT2D eigenvalue weighted by Crippen LogP contribution is -2.42. The molecule has 37 heavy (non-hydrogen) atoms. The number of anilines is 2. The predicted molar refractivity (Wildman–Crippen MR) is 149 cm³/mol. The second-order valence-electron chi connectivity index (χ2n) is 8.55.